The Bertz CT molecular complexity index is 737. The second-order valence-electron chi connectivity index (χ2n) is 8.95. The molecule has 0 saturated heterocycles. The van der Waals surface area contributed by atoms with Crippen molar-refractivity contribution in [3.8, 4) is 17.1 Å². The molecule has 0 aliphatic heterocycles. The standard InChI is InChI=1S/C28H42F2N2O/c1-3-5-6-7-8-9-10-11-12-13-14-23-21-31-28(32-22-23)24-15-17-25(18-16-24)33-20-19-27(30)26(29)4-2/h15-18,21-22,26-27H,3-14,19-20H2,1-2H3. The van der Waals surface area contributed by atoms with Crippen molar-refractivity contribution >= 4 is 0 Å². The Kier molecular flexibility index (Phi) is 13.6. The van der Waals surface area contributed by atoms with E-state index in [0.29, 0.717) is 11.6 Å². The van der Waals surface area contributed by atoms with Gasteiger partial charge in [-0.2, -0.15) is 0 Å². The molecule has 1 heterocycles. The zero-order valence-corrected chi connectivity index (χ0v) is 20.6. The molecule has 5 heteroatoms. The van der Waals surface area contributed by atoms with Crippen molar-refractivity contribution in [3.63, 3.8) is 0 Å². The Morgan fingerprint density at radius 3 is 1.91 bits per heavy atom. The van der Waals surface area contributed by atoms with E-state index in [4.69, 9.17) is 4.74 Å². The molecule has 0 amide bonds. The summed E-state index contributed by atoms with van der Waals surface area (Å²) >= 11 is 0. The van der Waals surface area contributed by atoms with Gasteiger partial charge in [-0.3, -0.25) is 0 Å². The Balaban J connectivity index is 1.64. The van der Waals surface area contributed by atoms with Gasteiger partial charge in [-0.05, 0) is 49.1 Å². The average Bonchev–Trinajstić information content (AvgIpc) is 2.85. The fourth-order valence-electron chi connectivity index (χ4n) is 3.88. The van der Waals surface area contributed by atoms with Crippen molar-refractivity contribution in [2.75, 3.05) is 6.61 Å². The summed E-state index contributed by atoms with van der Waals surface area (Å²) in [5, 5.41) is 0. The van der Waals surface area contributed by atoms with Crippen LogP contribution in [0.3, 0.4) is 0 Å². The lowest BCUT2D eigenvalue weighted by molar-refractivity contribution is 0.133. The molecular weight excluding hydrogens is 418 g/mol. The third-order valence-corrected chi connectivity index (χ3v) is 6.08. The summed E-state index contributed by atoms with van der Waals surface area (Å²) in [7, 11) is 0. The SMILES string of the molecule is CCCCCCCCCCCCc1cnc(-c2ccc(OCCC(F)C(F)CC)cc2)nc1. The van der Waals surface area contributed by atoms with Crippen LogP contribution in [0.25, 0.3) is 11.4 Å². The first kappa shape index (κ1) is 27.2. The highest BCUT2D eigenvalue weighted by Gasteiger charge is 2.18. The lowest BCUT2D eigenvalue weighted by atomic mass is 10.0. The Hall–Kier alpha value is -2.04. The minimum Gasteiger partial charge on any atom is -0.493 e. The lowest BCUT2D eigenvalue weighted by Gasteiger charge is -2.12. The van der Waals surface area contributed by atoms with Gasteiger partial charge in [0.25, 0.3) is 0 Å². The molecule has 0 radical (unpaired) electrons. The fraction of sp³-hybridized carbons (Fsp3) is 0.643. The van der Waals surface area contributed by atoms with Crippen LogP contribution in [0.15, 0.2) is 36.7 Å². The van der Waals surface area contributed by atoms with Gasteiger partial charge < -0.3 is 4.74 Å². The van der Waals surface area contributed by atoms with Crippen molar-refractivity contribution < 1.29 is 13.5 Å². The number of alkyl halides is 2. The van der Waals surface area contributed by atoms with Gasteiger partial charge in [-0.15, -0.1) is 0 Å². The van der Waals surface area contributed by atoms with E-state index in [2.05, 4.69) is 16.9 Å². The molecule has 2 atom stereocenters. The minimum atomic E-state index is -1.47. The summed E-state index contributed by atoms with van der Waals surface area (Å²) < 4.78 is 32.3. The van der Waals surface area contributed by atoms with Crippen LogP contribution in [-0.2, 0) is 6.42 Å². The van der Waals surface area contributed by atoms with Crippen LogP contribution >= 0.6 is 0 Å². The predicted molar refractivity (Wildman–Crippen MR) is 133 cm³/mol. The highest BCUT2D eigenvalue weighted by Crippen LogP contribution is 2.21. The normalized spacial score (nSPS) is 13.1. The molecule has 0 N–H and O–H groups in total. The molecule has 33 heavy (non-hydrogen) atoms. The first-order valence-electron chi connectivity index (χ1n) is 13.0. The third kappa shape index (κ3) is 11.1. The second kappa shape index (κ2) is 16.6. The summed E-state index contributed by atoms with van der Waals surface area (Å²) in [6.45, 7) is 4.06. The van der Waals surface area contributed by atoms with E-state index in [1.807, 2.05) is 36.7 Å². The number of ether oxygens (including phenoxy) is 1. The van der Waals surface area contributed by atoms with Crippen LogP contribution in [0, 0.1) is 0 Å². The number of aryl methyl sites for hydroxylation is 1. The summed E-state index contributed by atoms with van der Waals surface area (Å²) in [5.74, 6) is 1.32. The number of rotatable bonds is 18. The van der Waals surface area contributed by atoms with Gasteiger partial charge in [0.05, 0.1) is 6.61 Å². The summed E-state index contributed by atoms with van der Waals surface area (Å²) in [5.41, 5.74) is 2.09. The Morgan fingerprint density at radius 2 is 1.33 bits per heavy atom. The number of hydrogen-bond donors (Lipinski definition) is 0. The number of benzene rings is 1. The van der Waals surface area contributed by atoms with Crippen molar-refractivity contribution in [2.45, 2.75) is 110 Å². The molecule has 0 spiro atoms. The largest absolute Gasteiger partial charge is 0.493 e. The van der Waals surface area contributed by atoms with E-state index in [-0.39, 0.29) is 19.4 Å². The fourth-order valence-corrected chi connectivity index (χ4v) is 3.88. The highest BCUT2D eigenvalue weighted by molar-refractivity contribution is 5.55. The summed E-state index contributed by atoms with van der Waals surface area (Å²) in [6, 6.07) is 7.42. The molecule has 3 nitrogen and oxygen atoms in total. The van der Waals surface area contributed by atoms with Crippen molar-refractivity contribution in [1.29, 1.82) is 0 Å². The van der Waals surface area contributed by atoms with Crippen LogP contribution in [0.2, 0.25) is 0 Å². The van der Waals surface area contributed by atoms with E-state index in [1.54, 1.807) is 6.92 Å². The van der Waals surface area contributed by atoms with Crippen molar-refractivity contribution in [2.24, 2.45) is 0 Å². The highest BCUT2D eigenvalue weighted by atomic mass is 19.2. The maximum Gasteiger partial charge on any atom is 0.159 e. The van der Waals surface area contributed by atoms with E-state index in [0.717, 1.165) is 12.0 Å². The van der Waals surface area contributed by atoms with Gasteiger partial charge >= 0.3 is 0 Å². The number of hydrogen-bond acceptors (Lipinski definition) is 3. The topological polar surface area (TPSA) is 35.0 Å². The lowest BCUT2D eigenvalue weighted by Crippen LogP contribution is -2.19. The summed E-state index contributed by atoms with van der Waals surface area (Å²) in [6.07, 6.45) is 15.6. The van der Waals surface area contributed by atoms with Gasteiger partial charge in [0, 0.05) is 24.4 Å². The zero-order valence-electron chi connectivity index (χ0n) is 20.6. The van der Waals surface area contributed by atoms with Crippen LogP contribution in [-0.4, -0.2) is 28.9 Å². The maximum absolute atomic E-state index is 13.5. The first-order valence-corrected chi connectivity index (χ1v) is 13.0. The summed E-state index contributed by atoms with van der Waals surface area (Å²) in [4.78, 5) is 9.03. The zero-order chi connectivity index (χ0) is 23.7. The molecule has 0 saturated carbocycles. The molecule has 0 bridgehead atoms. The monoisotopic (exact) mass is 460 g/mol. The smallest absolute Gasteiger partial charge is 0.159 e. The molecule has 0 aliphatic carbocycles. The van der Waals surface area contributed by atoms with Crippen LogP contribution in [0.1, 0.15) is 96.5 Å². The van der Waals surface area contributed by atoms with Crippen LogP contribution < -0.4 is 4.74 Å². The number of nitrogens with zero attached hydrogens (tertiary/aromatic N) is 2. The number of halogens is 2. The third-order valence-electron chi connectivity index (χ3n) is 6.08. The second-order valence-corrected chi connectivity index (χ2v) is 8.95. The Morgan fingerprint density at radius 1 is 0.758 bits per heavy atom. The average molecular weight is 461 g/mol. The molecule has 2 aromatic rings. The van der Waals surface area contributed by atoms with Crippen LogP contribution in [0.5, 0.6) is 5.75 Å². The van der Waals surface area contributed by atoms with Gasteiger partial charge in [-0.25, -0.2) is 18.7 Å². The van der Waals surface area contributed by atoms with E-state index >= 15 is 0 Å². The first-order chi connectivity index (χ1) is 16.1. The van der Waals surface area contributed by atoms with E-state index < -0.39 is 12.3 Å². The number of unbranched alkanes of at least 4 members (excludes halogenated alkanes) is 9. The van der Waals surface area contributed by atoms with Crippen molar-refractivity contribution in [3.05, 3.63) is 42.2 Å². The molecule has 184 valence electrons. The van der Waals surface area contributed by atoms with Crippen molar-refractivity contribution in [1.82, 2.24) is 9.97 Å². The van der Waals surface area contributed by atoms with Gasteiger partial charge in [-0.1, -0.05) is 71.6 Å². The van der Waals surface area contributed by atoms with Gasteiger partial charge in [0.15, 0.2) is 5.82 Å². The maximum atomic E-state index is 13.5. The Labute approximate surface area is 199 Å². The van der Waals surface area contributed by atoms with Gasteiger partial charge in [0.2, 0.25) is 0 Å². The molecule has 1 aromatic heterocycles. The van der Waals surface area contributed by atoms with Crippen LogP contribution in [0.4, 0.5) is 8.78 Å². The molecule has 0 fully saturated rings. The van der Waals surface area contributed by atoms with E-state index in [9.17, 15) is 8.78 Å². The molecular formula is C28H42F2N2O. The number of aromatic nitrogens is 2. The van der Waals surface area contributed by atoms with E-state index in [1.165, 1.54) is 69.8 Å². The molecule has 1 aromatic carbocycles. The quantitative estimate of drug-likeness (QED) is 0.209. The van der Waals surface area contributed by atoms with Gasteiger partial charge in [0.1, 0.15) is 18.1 Å². The molecule has 2 rings (SSSR count). The molecule has 0 aliphatic rings. The predicted octanol–water partition coefficient (Wildman–Crippen LogP) is 8.46. The minimum absolute atomic E-state index is 0.0559. The molecule has 2 unspecified atom stereocenters.